The molecular formula is C29H31F3N4O6. The average molecular weight is 589 g/mol. The number of nitriles is 1. The van der Waals surface area contributed by atoms with Crippen LogP contribution in [0.1, 0.15) is 51.3 Å². The van der Waals surface area contributed by atoms with Crippen molar-refractivity contribution in [3.63, 3.8) is 0 Å². The summed E-state index contributed by atoms with van der Waals surface area (Å²) in [5.41, 5.74) is -4.99. The number of nitrogens with zero attached hydrogens (tertiary/aromatic N) is 3. The molecule has 3 rings (SSSR count). The van der Waals surface area contributed by atoms with Gasteiger partial charge in [0.15, 0.2) is 5.54 Å². The van der Waals surface area contributed by atoms with Gasteiger partial charge in [0.25, 0.3) is 5.91 Å². The van der Waals surface area contributed by atoms with Gasteiger partial charge in [-0.15, -0.1) is 0 Å². The van der Waals surface area contributed by atoms with Gasteiger partial charge in [0.2, 0.25) is 0 Å². The van der Waals surface area contributed by atoms with E-state index in [0.717, 1.165) is 17.0 Å². The van der Waals surface area contributed by atoms with Gasteiger partial charge >= 0.3 is 24.3 Å². The first kappa shape index (κ1) is 31.9. The lowest BCUT2D eigenvalue weighted by atomic mass is 9.89. The maximum absolute atomic E-state index is 14.1. The van der Waals surface area contributed by atoms with Crippen molar-refractivity contribution in [3.8, 4) is 6.07 Å². The largest absolute Gasteiger partial charge is 0.461 e. The molecule has 1 N–H and O–H groups in total. The summed E-state index contributed by atoms with van der Waals surface area (Å²) in [5, 5.41) is 11.6. The topological polar surface area (TPSA) is 129 Å². The van der Waals surface area contributed by atoms with Gasteiger partial charge in [-0.25, -0.2) is 19.3 Å². The molecule has 1 aliphatic heterocycles. The summed E-state index contributed by atoms with van der Waals surface area (Å²) in [7, 11) is 1.26. The molecule has 10 nitrogen and oxygen atoms in total. The molecule has 13 heteroatoms. The van der Waals surface area contributed by atoms with E-state index in [1.165, 1.54) is 25.2 Å². The zero-order valence-electron chi connectivity index (χ0n) is 23.9. The number of nitrogens with one attached hydrogen (secondary N) is 1. The van der Waals surface area contributed by atoms with Gasteiger partial charge < -0.3 is 19.7 Å². The van der Waals surface area contributed by atoms with Crippen molar-refractivity contribution >= 4 is 29.7 Å². The van der Waals surface area contributed by atoms with Crippen molar-refractivity contribution in [1.82, 2.24) is 10.2 Å². The van der Waals surface area contributed by atoms with Crippen molar-refractivity contribution in [3.05, 3.63) is 65.2 Å². The molecule has 1 fully saturated rings. The highest BCUT2D eigenvalue weighted by molar-refractivity contribution is 6.23. The van der Waals surface area contributed by atoms with Gasteiger partial charge in [0.05, 0.1) is 22.9 Å². The lowest BCUT2D eigenvalue weighted by molar-refractivity contribution is -0.152. The molecule has 0 saturated carbocycles. The first-order chi connectivity index (χ1) is 19.4. The third kappa shape index (κ3) is 6.32. The smallest absolute Gasteiger partial charge is 0.417 e. The van der Waals surface area contributed by atoms with Crippen molar-refractivity contribution in [2.24, 2.45) is 5.92 Å². The molecule has 2 aromatic carbocycles. The van der Waals surface area contributed by atoms with Crippen LogP contribution in [0.15, 0.2) is 48.5 Å². The number of amides is 4. The predicted octanol–water partition coefficient (Wildman–Crippen LogP) is 4.96. The average Bonchev–Trinajstić information content (AvgIpc) is 3.09. The highest BCUT2D eigenvalue weighted by atomic mass is 19.4. The summed E-state index contributed by atoms with van der Waals surface area (Å²) in [6.07, 6.45) is -5.80. The standard InChI is InChI=1S/C29H31F3N4O6/c1-17(2)22(34-25(39)42-27(3,4)5)23(37)41-16-28(19-10-8-7-9-11-19)24(38)36(26(40)35(28)6)20-13-12-18(15-33)21(14-20)29(30,31)32/h7-14,17,22H,16H2,1-6H3,(H,34,39)/t22-,28?/m0/s1. The van der Waals surface area contributed by atoms with Crippen LogP contribution in [0.25, 0.3) is 0 Å². The van der Waals surface area contributed by atoms with Crippen LogP contribution < -0.4 is 10.2 Å². The number of anilines is 1. The molecule has 1 unspecified atom stereocenters. The molecular weight excluding hydrogens is 557 g/mol. The molecule has 4 amide bonds. The van der Waals surface area contributed by atoms with Crippen molar-refractivity contribution < 1.29 is 41.8 Å². The number of urea groups is 1. The molecule has 0 bridgehead atoms. The Kier molecular flexibility index (Phi) is 8.90. The molecule has 1 aliphatic rings. The summed E-state index contributed by atoms with van der Waals surface area (Å²) in [5.74, 6) is -2.36. The fraction of sp³-hybridized carbons (Fsp3) is 0.414. The van der Waals surface area contributed by atoms with E-state index in [1.807, 2.05) is 0 Å². The minimum Gasteiger partial charge on any atom is -0.461 e. The second-order valence-electron chi connectivity index (χ2n) is 11.0. The zero-order valence-corrected chi connectivity index (χ0v) is 23.9. The highest BCUT2D eigenvalue weighted by Gasteiger charge is 2.59. The Morgan fingerprint density at radius 1 is 1.07 bits per heavy atom. The van der Waals surface area contributed by atoms with Crippen LogP contribution in [0.3, 0.4) is 0 Å². The van der Waals surface area contributed by atoms with E-state index in [4.69, 9.17) is 14.7 Å². The third-order valence-corrected chi connectivity index (χ3v) is 6.56. The summed E-state index contributed by atoms with van der Waals surface area (Å²) >= 11 is 0. The number of likely N-dealkylation sites (N-methyl/N-ethyl adjacent to an activating group) is 1. The van der Waals surface area contributed by atoms with Crippen LogP contribution in [0.4, 0.5) is 28.4 Å². The SMILES string of the molecule is CC(C)[C@H](NC(=O)OC(C)(C)C)C(=O)OCC1(c2ccccc2)C(=O)N(c2ccc(C#N)c(C(F)(F)F)c2)C(=O)N1C. The Morgan fingerprint density at radius 2 is 1.69 bits per heavy atom. The molecule has 0 radical (unpaired) electrons. The quantitative estimate of drug-likeness (QED) is 0.357. The second-order valence-corrected chi connectivity index (χ2v) is 11.0. The summed E-state index contributed by atoms with van der Waals surface area (Å²) < 4.78 is 51.8. The van der Waals surface area contributed by atoms with Crippen LogP contribution in [-0.4, -0.2) is 54.2 Å². The van der Waals surface area contributed by atoms with E-state index < -0.39 is 76.7 Å². The Hall–Kier alpha value is -4.60. The van der Waals surface area contributed by atoms with E-state index >= 15 is 0 Å². The normalized spacial score (nSPS) is 18.1. The number of imide groups is 1. The van der Waals surface area contributed by atoms with E-state index in [9.17, 15) is 32.3 Å². The minimum atomic E-state index is -4.93. The number of esters is 1. The molecule has 2 atom stereocenters. The predicted molar refractivity (Wildman–Crippen MR) is 144 cm³/mol. The fourth-order valence-electron chi connectivity index (χ4n) is 4.43. The molecule has 1 heterocycles. The van der Waals surface area contributed by atoms with Crippen molar-refractivity contribution in [2.75, 3.05) is 18.6 Å². The Labute approximate surface area is 241 Å². The van der Waals surface area contributed by atoms with Gasteiger partial charge in [-0.2, -0.15) is 18.4 Å². The van der Waals surface area contributed by atoms with Gasteiger partial charge in [-0.1, -0.05) is 44.2 Å². The number of hydrogen-bond acceptors (Lipinski definition) is 7. The highest BCUT2D eigenvalue weighted by Crippen LogP contribution is 2.41. The van der Waals surface area contributed by atoms with E-state index in [-0.39, 0.29) is 5.56 Å². The fourth-order valence-corrected chi connectivity index (χ4v) is 4.43. The number of carbonyl (C=O) groups excluding carboxylic acids is 4. The second kappa shape index (κ2) is 11.7. The molecule has 42 heavy (non-hydrogen) atoms. The number of carbonyl (C=O) groups is 4. The van der Waals surface area contributed by atoms with E-state index in [2.05, 4.69) is 5.32 Å². The minimum absolute atomic E-state index is 0.229. The lowest BCUT2D eigenvalue weighted by Gasteiger charge is -2.33. The number of hydrogen-bond donors (Lipinski definition) is 1. The summed E-state index contributed by atoms with van der Waals surface area (Å²) in [6.45, 7) is 7.53. The first-order valence-electron chi connectivity index (χ1n) is 12.9. The molecule has 2 aromatic rings. The number of halogens is 3. The van der Waals surface area contributed by atoms with E-state index in [1.54, 1.807) is 52.8 Å². The van der Waals surface area contributed by atoms with Crippen molar-refractivity contribution in [1.29, 1.82) is 5.26 Å². The van der Waals surface area contributed by atoms with Crippen LogP contribution in [0.5, 0.6) is 0 Å². The maximum Gasteiger partial charge on any atom is 0.417 e. The monoisotopic (exact) mass is 588 g/mol. The number of alkyl halides is 3. The number of ether oxygens (including phenoxy) is 2. The Balaban J connectivity index is 2.02. The number of rotatable bonds is 7. The molecule has 0 aliphatic carbocycles. The Morgan fingerprint density at radius 3 is 2.21 bits per heavy atom. The van der Waals surface area contributed by atoms with Crippen LogP contribution in [0, 0.1) is 17.2 Å². The maximum atomic E-state index is 14.1. The number of benzene rings is 2. The van der Waals surface area contributed by atoms with Crippen LogP contribution >= 0.6 is 0 Å². The van der Waals surface area contributed by atoms with Gasteiger partial charge in [0.1, 0.15) is 18.2 Å². The molecule has 224 valence electrons. The number of alkyl carbamates (subject to hydrolysis) is 1. The Bertz CT molecular complexity index is 1420. The molecule has 0 aromatic heterocycles. The third-order valence-electron chi connectivity index (χ3n) is 6.56. The summed E-state index contributed by atoms with van der Waals surface area (Å²) in [4.78, 5) is 54.6. The molecule has 0 spiro atoms. The summed E-state index contributed by atoms with van der Waals surface area (Å²) in [6, 6.07) is 9.61. The van der Waals surface area contributed by atoms with Crippen LogP contribution in [0.2, 0.25) is 0 Å². The molecule has 1 saturated heterocycles. The zero-order chi connectivity index (χ0) is 31.6. The van der Waals surface area contributed by atoms with Gasteiger partial charge in [-0.05, 0) is 50.5 Å². The van der Waals surface area contributed by atoms with Crippen LogP contribution in [-0.2, 0) is 30.8 Å². The van der Waals surface area contributed by atoms with Gasteiger partial charge in [0, 0.05) is 7.05 Å². The van der Waals surface area contributed by atoms with Crippen molar-refractivity contribution in [2.45, 2.75) is 58.0 Å². The van der Waals surface area contributed by atoms with Gasteiger partial charge in [-0.3, -0.25) is 4.79 Å². The van der Waals surface area contributed by atoms with E-state index in [0.29, 0.717) is 11.0 Å². The lowest BCUT2D eigenvalue weighted by Crippen LogP contribution is -2.52. The first-order valence-corrected chi connectivity index (χ1v) is 12.9.